The van der Waals surface area contributed by atoms with Gasteiger partial charge in [-0.05, 0) is 72.6 Å². The molecule has 0 unspecified atom stereocenters. The minimum absolute atomic E-state index is 0.0474. The fourth-order valence-corrected chi connectivity index (χ4v) is 4.41. The number of amides is 2. The Hall–Kier alpha value is -4.66. The summed E-state index contributed by atoms with van der Waals surface area (Å²) in [5, 5.41) is 5.78. The van der Waals surface area contributed by atoms with Crippen LogP contribution in [0.3, 0.4) is 0 Å². The zero-order chi connectivity index (χ0) is 26.7. The van der Waals surface area contributed by atoms with Crippen molar-refractivity contribution in [2.75, 3.05) is 22.1 Å². The second-order valence-corrected chi connectivity index (χ2v) is 8.84. The van der Waals surface area contributed by atoms with Crippen LogP contribution in [0.2, 0.25) is 0 Å². The summed E-state index contributed by atoms with van der Waals surface area (Å²) < 4.78 is 39.3. The first-order valence-electron chi connectivity index (χ1n) is 12.0. The number of nitrogens with one attached hydrogen (secondary N) is 2. The maximum absolute atomic E-state index is 13.1. The number of carbonyl (C=O) groups excluding carboxylic acids is 2. The zero-order valence-corrected chi connectivity index (χ0v) is 20.1. The van der Waals surface area contributed by atoms with Gasteiger partial charge in [0.15, 0.2) is 0 Å². The first-order valence-corrected chi connectivity index (χ1v) is 12.0. The third-order valence-corrected chi connectivity index (χ3v) is 6.23. The number of halogens is 3. The van der Waals surface area contributed by atoms with Gasteiger partial charge in [0, 0.05) is 35.5 Å². The van der Waals surface area contributed by atoms with Crippen LogP contribution in [0.25, 0.3) is 0 Å². The molecule has 2 N–H and O–H groups in total. The second-order valence-electron chi connectivity index (χ2n) is 8.84. The van der Waals surface area contributed by atoms with Crippen LogP contribution in [0.1, 0.15) is 27.2 Å². The van der Waals surface area contributed by atoms with E-state index in [1.807, 2.05) is 18.2 Å². The van der Waals surface area contributed by atoms with Crippen molar-refractivity contribution in [2.45, 2.75) is 19.0 Å². The Morgan fingerprint density at radius 3 is 2.50 bits per heavy atom. The van der Waals surface area contributed by atoms with Crippen LogP contribution in [0.15, 0.2) is 91.1 Å². The summed E-state index contributed by atoms with van der Waals surface area (Å²) in [6.45, 7) is 0.544. The number of aromatic nitrogens is 1. The van der Waals surface area contributed by atoms with Crippen LogP contribution in [0, 0.1) is 0 Å². The molecule has 0 atom stereocenters. The lowest BCUT2D eigenvalue weighted by Gasteiger charge is -2.18. The minimum Gasteiger partial charge on any atom is -0.355 e. The van der Waals surface area contributed by atoms with E-state index in [-0.39, 0.29) is 23.6 Å². The van der Waals surface area contributed by atoms with Gasteiger partial charge < -0.3 is 15.5 Å². The van der Waals surface area contributed by atoms with Crippen LogP contribution >= 0.6 is 0 Å². The average Bonchev–Trinajstić information content (AvgIpc) is 3.33. The lowest BCUT2D eigenvalue weighted by atomic mass is 10.1. The predicted octanol–water partition coefficient (Wildman–Crippen LogP) is 6.23. The molecule has 6 nitrogen and oxygen atoms in total. The lowest BCUT2D eigenvalue weighted by Crippen LogP contribution is -2.30. The molecule has 9 heteroatoms. The first kappa shape index (κ1) is 25.0. The van der Waals surface area contributed by atoms with Crippen molar-refractivity contribution in [3.8, 4) is 0 Å². The van der Waals surface area contributed by atoms with E-state index in [1.165, 1.54) is 12.1 Å². The highest BCUT2D eigenvalue weighted by Gasteiger charge is 2.30. The molecule has 0 bridgehead atoms. The van der Waals surface area contributed by atoms with Gasteiger partial charge in [0.25, 0.3) is 5.91 Å². The van der Waals surface area contributed by atoms with Gasteiger partial charge in [0.2, 0.25) is 5.91 Å². The molecule has 0 saturated heterocycles. The average molecular weight is 517 g/mol. The molecule has 3 aromatic carbocycles. The molecular weight excluding hydrogens is 493 g/mol. The Kier molecular flexibility index (Phi) is 6.83. The van der Waals surface area contributed by atoms with Crippen molar-refractivity contribution in [3.63, 3.8) is 0 Å². The Bertz CT molecular complexity index is 1490. The maximum atomic E-state index is 13.1. The summed E-state index contributed by atoms with van der Waals surface area (Å²) >= 11 is 0. The molecule has 1 aliphatic rings. The topological polar surface area (TPSA) is 74.3 Å². The zero-order valence-electron chi connectivity index (χ0n) is 20.1. The van der Waals surface area contributed by atoms with Gasteiger partial charge in [-0.15, -0.1) is 0 Å². The first-order chi connectivity index (χ1) is 18.3. The Morgan fingerprint density at radius 1 is 0.895 bits per heavy atom. The summed E-state index contributed by atoms with van der Waals surface area (Å²) in [5.74, 6) is -0.463. The van der Waals surface area contributed by atoms with Gasteiger partial charge in [-0.2, -0.15) is 13.2 Å². The van der Waals surface area contributed by atoms with E-state index in [4.69, 9.17) is 0 Å². The van der Waals surface area contributed by atoms with Gasteiger partial charge in [0.05, 0.1) is 23.2 Å². The van der Waals surface area contributed by atoms with Crippen LogP contribution in [-0.2, 0) is 23.8 Å². The standard InChI is InChI=1S/C29H23F3N4O2/c30-29(31,32)20-6-5-8-22(17-20)34-25-10-2-1-9-24(25)28(38)35-23-11-12-26-19(16-23)13-15-36(26)27(37)18-21-7-3-4-14-33-21/h1-12,14,16-17,34H,13,15,18H2,(H,35,38). The second kappa shape index (κ2) is 10.4. The molecule has 0 fully saturated rings. The van der Waals surface area contributed by atoms with E-state index < -0.39 is 17.6 Å². The Morgan fingerprint density at radius 2 is 1.71 bits per heavy atom. The van der Waals surface area contributed by atoms with Crippen LogP contribution in [0.5, 0.6) is 0 Å². The minimum atomic E-state index is -4.47. The molecule has 2 amide bonds. The summed E-state index contributed by atoms with van der Waals surface area (Å²) in [6.07, 6.45) is -1.96. The van der Waals surface area contributed by atoms with Gasteiger partial charge in [-0.1, -0.05) is 24.3 Å². The number of hydrogen-bond acceptors (Lipinski definition) is 4. The number of rotatable bonds is 6. The van der Waals surface area contributed by atoms with Crippen molar-refractivity contribution < 1.29 is 22.8 Å². The molecule has 0 radical (unpaired) electrons. The SMILES string of the molecule is O=C(Nc1ccc2c(c1)CCN2C(=O)Cc1ccccn1)c1ccccc1Nc1cccc(C(F)(F)F)c1. The molecule has 1 aliphatic heterocycles. The highest BCUT2D eigenvalue weighted by atomic mass is 19.4. The molecule has 0 aliphatic carbocycles. The van der Waals surface area contributed by atoms with E-state index in [0.29, 0.717) is 30.0 Å². The van der Waals surface area contributed by atoms with E-state index >= 15 is 0 Å². The number of benzene rings is 3. The number of hydrogen-bond donors (Lipinski definition) is 2. The van der Waals surface area contributed by atoms with Crippen LogP contribution in [0.4, 0.5) is 35.9 Å². The van der Waals surface area contributed by atoms with Crippen LogP contribution in [-0.4, -0.2) is 23.3 Å². The monoisotopic (exact) mass is 516 g/mol. The number of para-hydroxylation sites is 1. The number of fused-ring (bicyclic) bond motifs is 1. The summed E-state index contributed by atoms with van der Waals surface area (Å²) in [5.41, 5.74) is 3.08. The third-order valence-electron chi connectivity index (χ3n) is 6.23. The summed E-state index contributed by atoms with van der Waals surface area (Å²) in [6, 6.07) is 22.2. The lowest BCUT2D eigenvalue weighted by molar-refractivity contribution is -0.137. The van der Waals surface area contributed by atoms with Gasteiger partial charge in [-0.3, -0.25) is 14.6 Å². The van der Waals surface area contributed by atoms with Crippen molar-refractivity contribution >= 4 is 34.6 Å². The van der Waals surface area contributed by atoms with Gasteiger partial charge in [-0.25, -0.2) is 0 Å². The van der Waals surface area contributed by atoms with Crippen molar-refractivity contribution in [1.29, 1.82) is 0 Å². The van der Waals surface area contributed by atoms with Crippen LogP contribution < -0.4 is 15.5 Å². The number of alkyl halides is 3. The highest BCUT2D eigenvalue weighted by molar-refractivity contribution is 6.08. The molecular formula is C29H23F3N4O2. The fourth-order valence-electron chi connectivity index (χ4n) is 4.41. The number of pyridine rings is 1. The maximum Gasteiger partial charge on any atom is 0.416 e. The number of carbonyl (C=O) groups is 2. The number of anilines is 4. The van der Waals surface area contributed by atoms with Crippen molar-refractivity contribution in [1.82, 2.24) is 4.98 Å². The third kappa shape index (κ3) is 5.51. The van der Waals surface area contributed by atoms with Crippen molar-refractivity contribution in [2.24, 2.45) is 0 Å². The van der Waals surface area contributed by atoms with E-state index in [1.54, 1.807) is 53.6 Å². The van der Waals surface area contributed by atoms with Gasteiger partial charge in [0.1, 0.15) is 0 Å². The largest absolute Gasteiger partial charge is 0.416 e. The highest BCUT2D eigenvalue weighted by Crippen LogP contribution is 2.33. The van der Waals surface area contributed by atoms with E-state index in [2.05, 4.69) is 15.6 Å². The molecule has 38 heavy (non-hydrogen) atoms. The van der Waals surface area contributed by atoms with Crippen molar-refractivity contribution in [3.05, 3.63) is 114 Å². The molecule has 0 saturated carbocycles. The van der Waals surface area contributed by atoms with Gasteiger partial charge >= 0.3 is 6.18 Å². The summed E-state index contributed by atoms with van der Waals surface area (Å²) in [4.78, 5) is 31.9. The number of nitrogens with zero attached hydrogens (tertiary/aromatic N) is 2. The molecule has 0 spiro atoms. The van der Waals surface area contributed by atoms with E-state index in [9.17, 15) is 22.8 Å². The Balaban J connectivity index is 1.30. The van der Waals surface area contributed by atoms with E-state index in [0.717, 1.165) is 23.4 Å². The predicted molar refractivity (Wildman–Crippen MR) is 140 cm³/mol. The molecule has 2 heterocycles. The Labute approximate surface area is 217 Å². The normalized spacial score (nSPS) is 12.7. The molecule has 1 aromatic heterocycles. The molecule has 5 rings (SSSR count). The molecule has 4 aromatic rings. The fraction of sp³-hybridized carbons (Fsp3) is 0.138. The smallest absolute Gasteiger partial charge is 0.355 e. The summed E-state index contributed by atoms with van der Waals surface area (Å²) in [7, 11) is 0. The molecule has 192 valence electrons. The quantitative estimate of drug-likeness (QED) is 0.319.